The van der Waals surface area contributed by atoms with E-state index in [2.05, 4.69) is 22.1 Å². The predicted molar refractivity (Wildman–Crippen MR) is 64.3 cm³/mol. The molecule has 0 radical (unpaired) electrons. The predicted octanol–water partition coefficient (Wildman–Crippen LogP) is 2.44. The third-order valence-corrected chi connectivity index (χ3v) is 4.02. The fraction of sp³-hybridized carbons (Fsp3) is 0.909. The number of hydrogen-bond acceptors (Lipinski definition) is 3. The zero-order chi connectivity index (χ0) is 9.64. The summed E-state index contributed by atoms with van der Waals surface area (Å²) in [6.07, 6.45) is 7.80. The van der Waals surface area contributed by atoms with E-state index in [1.165, 1.54) is 55.9 Å². The van der Waals surface area contributed by atoms with Gasteiger partial charge < -0.3 is 5.32 Å². The molecule has 0 amide bonds. The molecule has 0 spiro atoms. The van der Waals surface area contributed by atoms with E-state index in [1.54, 1.807) is 0 Å². The summed E-state index contributed by atoms with van der Waals surface area (Å²) in [4.78, 5) is 4.62. The molecule has 1 fully saturated rings. The third kappa shape index (κ3) is 3.19. The van der Waals surface area contributed by atoms with Crippen molar-refractivity contribution in [2.75, 3.05) is 18.1 Å². The van der Waals surface area contributed by atoms with E-state index >= 15 is 0 Å². The van der Waals surface area contributed by atoms with Crippen LogP contribution in [-0.4, -0.2) is 29.9 Å². The van der Waals surface area contributed by atoms with Gasteiger partial charge in [-0.15, -0.1) is 0 Å². The smallest absolute Gasteiger partial charge is 0.0965 e. The minimum atomic E-state index is 0.716. The van der Waals surface area contributed by atoms with Gasteiger partial charge in [0.05, 0.1) is 5.84 Å². The average molecular weight is 212 g/mol. The first-order valence-electron chi connectivity index (χ1n) is 5.83. The molecule has 0 saturated carbocycles. The highest BCUT2D eigenvalue weighted by Gasteiger charge is 2.15. The van der Waals surface area contributed by atoms with Crippen LogP contribution in [0.5, 0.6) is 0 Å². The van der Waals surface area contributed by atoms with Crippen molar-refractivity contribution in [3.8, 4) is 0 Å². The van der Waals surface area contributed by atoms with Gasteiger partial charge in [0.15, 0.2) is 0 Å². The Morgan fingerprint density at radius 1 is 1.14 bits per heavy atom. The molecule has 0 unspecified atom stereocenters. The maximum Gasteiger partial charge on any atom is 0.0965 e. The van der Waals surface area contributed by atoms with E-state index in [4.69, 9.17) is 0 Å². The summed E-state index contributed by atoms with van der Waals surface area (Å²) in [5.41, 5.74) is 0. The number of aliphatic imine (C=N–C) groups is 1. The first-order chi connectivity index (χ1) is 6.95. The molecular weight excluding hydrogens is 192 g/mol. The molecule has 3 heteroatoms. The van der Waals surface area contributed by atoms with Crippen LogP contribution < -0.4 is 5.32 Å². The summed E-state index contributed by atoms with van der Waals surface area (Å²) in [7, 11) is 0. The highest BCUT2D eigenvalue weighted by atomic mass is 32.2. The van der Waals surface area contributed by atoms with Crippen LogP contribution >= 0.6 is 11.8 Å². The van der Waals surface area contributed by atoms with Crippen molar-refractivity contribution in [1.82, 2.24) is 5.32 Å². The quantitative estimate of drug-likeness (QED) is 0.722. The number of amidine groups is 1. The molecule has 2 rings (SSSR count). The lowest BCUT2D eigenvalue weighted by atomic mass is 10.1. The molecule has 14 heavy (non-hydrogen) atoms. The molecule has 2 aliphatic rings. The molecule has 0 aromatic heterocycles. The molecule has 0 aromatic rings. The summed E-state index contributed by atoms with van der Waals surface area (Å²) >= 11 is 2.08. The maximum atomic E-state index is 4.62. The first kappa shape index (κ1) is 10.3. The fourth-order valence-corrected chi connectivity index (χ4v) is 3.18. The van der Waals surface area contributed by atoms with Gasteiger partial charge >= 0.3 is 0 Å². The Morgan fingerprint density at radius 2 is 2.00 bits per heavy atom. The van der Waals surface area contributed by atoms with E-state index in [-0.39, 0.29) is 0 Å². The number of nitrogens with zero attached hydrogens (tertiary/aromatic N) is 1. The molecule has 1 saturated heterocycles. The average Bonchev–Trinajstić information content (AvgIpc) is 2.48. The summed E-state index contributed by atoms with van der Waals surface area (Å²) in [5, 5.41) is 3.63. The van der Waals surface area contributed by atoms with Gasteiger partial charge in [0.1, 0.15) is 0 Å². The molecule has 0 atom stereocenters. The zero-order valence-corrected chi connectivity index (χ0v) is 9.61. The Labute approximate surface area is 90.9 Å². The molecule has 1 N–H and O–H groups in total. The number of nitrogens with one attached hydrogen (secondary N) is 1. The number of thioether (sulfide) groups is 1. The van der Waals surface area contributed by atoms with Crippen molar-refractivity contribution in [3.05, 3.63) is 0 Å². The summed E-state index contributed by atoms with van der Waals surface area (Å²) in [6.45, 7) is 1.05. The van der Waals surface area contributed by atoms with E-state index in [0.29, 0.717) is 6.04 Å². The lowest BCUT2D eigenvalue weighted by molar-refractivity contribution is 0.560. The minimum Gasteiger partial charge on any atom is -0.371 e. The standard InChI is InChI=1S/C11H20N2S/c1-2-4-11(12-7-3-1)13-10-5-8-14-9-6-10/h10H,1-9H2,(H,12,13). The minimum absolute atomic E-state index is 0.716. The Hall–Kier alpha value is -0.180. The van der Waals surface area contributed by atoms with Crippen LogP contribution in [0.4, 0.5) is 0 Å². The summed E-state index contributed by atoms with van der Waals surface area (Å²) < 4.78 is 0. The molecule has 0 bridgehead atoms. The van der Waals surface area contributed by atoms with Gasteiger partial charge in [-0.3, -0.25) is 4.99 Å². The lowest BCUT2D eigenvalue weighted by Crippen LogP contribution is -2.37. The number of rotatable bonds is 1. The maximum absolute atomic E-state index is 4.62. The van der Waals surface area contributed by atoms with E-state index < -0.39 is 0 Å². The van der Waals surface area contributed by atoms with Gasteiger partial charge in [-0.2, -0.15) is 11.8 Å². The van der Waals surface area contributed by atoms with Crippen molar-refractivity contribution in [2.24, 2.45) is 4.99 Å². The van der Waals surface area contributed by atoms with Gasteiger partial charge in [0.25, 0.3) is 0 Å². The molecule has 0 aromatic carbocycles. The van der Waals surface area contributed by atoms with Crippen molar-refractivity contribution in [1.29, 1.82) is 0 Å². The second-order valence-corrected chi connectivity index (χ2v) is 5.39. The molecule has 2 heterocycles. The van der Waals surface area contributed by atoms with Gasteiger partial charge in [-0.1, -0.05) is 6.42 Å². The second kappa shape index (κ2) is 5.64. The summed E-state index contributed by atoms with van der Waals surface area (Å²) in [6, 6.07) is 0.716. The van der Waals surface area contributed by atoms with Crippen LogP contribution in [0, 0.1) is 0 Å². The molecule has 2 aliphatic heterocycles. The van der Waals surface area contributed by atoms with Crippen molar-refractivity contribution in [2.45, 2.75) is 44.6 Å². The fourth-order valence-electron chi connectivity index (χ4n) is 2.07. The Kier molecular flexibility index (Phi) is 4.17. The highest BCUT2D eigenvalue weighted by Crippen LogP contribution is 2.17. The largest absolute Gasteiger partial charge is 0.371 e. The van der Waals surface area contributed by atoms with Crippen LogP contribution in [0.15, 0.2) is 4.99 Å². The third-order valence-electron chi connectivity index (χ3n) is 2.97. The van der Waals surface area contributed by atoms with Crippen LogP contribution in [0.1, 0.15) is 38.5 Å². The van der Waals surface area contributed by atoms with E-state index in [9.17, 15) is 0 Å². The Morgan fingerprint density at radius 3 is 2.86 bits per heavy atom. The highest BCUT2D eigenvalue weighted by molar-refractivity contribution is 7.99. The number of hydrogen-bond donors (Lipinski definition) is 1. The van der Waals surface area contributed by atoms with Crippen LogP contribution in [0.2, 0.25) is 0 Å². The van der Waals surface area contributed by atoms with Crippen molar-refractivity contribution in [3.63, 3.8) is 0 Å². The SMILES string of the molecule is C1CCN=C(NC2CCSCC2)CC1. The normalized spacial score (nSPS) is 25.3. The molecule has 80 valence electrons. The van der Waals surface area contributed by atoms with Crippen LogP contribution in [0.3, 0.4) is 0 Å². The summed E-state index contributed by atoms with van der Waals surface area (Å²) in [5.74, 6) is 3.94. The van der Waals surface area contributed by atoms with Crippen molar-refractivity contribution < 1.29 is 0 Å². The molecule has 0 aliphatic carbocycles. The second-order valence-electron chi connectivity index (χ2n) is 4.17. The van der Waals surface area contributed by atoms with Gasteiger partial charge in [-0.25, -0.2) is 0 Å². The van der Waals surface area contributed by atoms with Gasteiger partial charge in [0, 0.05) is 19.0 Å². The lowest BCUT2D eigenvalue weighted by Gasteiger charge is -2.24. The van der Waals surface area contributed by atoms with Crippen LogP contribution in [-0.2, 0) is 0 Å². The first-order valence-corrected chi connectivity index (χ1v) is 6.98. The van der Waals surface area contributed by atoms with E-state index in [1.807, 2.05) is 0 Å². The zero-order valence-electron chi connectivity index (χ0n) is 8.80. The van der Waals surface area contributed by atoms with Crippen molar-refractivity contribution >= 4 is 17.6 Å². The Bertz CT molecular complexity index is 197. The van der Waals surface area contributed by atoms with Crippen LogP contribution in [0.25, 0.3) is 0 Å². The van der Waals surface area contributed by atoms with Gasteiger partial charge in [0.2, 0.25) is 0 Å². The molecular formula is C11H20N2S. The topological polar surface area (TPSA) is 24.4 Å². The molecule has 2 nitrogen and oxygen atoms in total. The Balaban J connectivity index is 1.79. The van der Waals surface area contributed by atoms with Gasteiger partial charge in [-0.05, 0) is 37.2 Å². The monoisotopic (exact) mass is 212 g/mol. The van der Waals surface area contributed by atoms with E-state index in [0.717, 1.165) is 6.54 Å².